The summed E-state index contributed by atoms with van der Waals surface area (Å²) in [5, 5.41) is 9.26. The van der Waals surface area contributed by atoms with Crippen LogP contribution < -0.4 is 0 Å². The van der Waals surface area contributed by atoms with Gasteiger partial charge in [0.1, 0.15) is 12.0 Å². The number of imidazole rings is 1. The highest BCUT2D eigenvalue weighted by atomic mass is 35.5. The molecular weight excluding hydrogens is 383 g/mol. The number of hydrogen-bond donors (Lipinski definition) is 0. The first-order valence-electron chi connectivity index (χ1n) is 8.94. The number of fused-ring (bicyclic) bond motifs is 5. The molecule has 0 amide bonds. The molecule has 6 rings (SSSR count). The first kappa shape index (κ1) is 16.0. The topological polar surface area (TPSA) is 74.6 Å². The highest BCUT2D eigenvalue weighted by Crippen LogP contribution is 2.49. The predicted octanol–water partition coefficient (Wildman–Crippen LogP) is 3.84. The molecule has 0 unspecified atom stereocenters. The zero-order chi connectivity index (χ0) is 19.0. The summed E-state index contributed by atoms with van der Waals surface area (Å²) in [6.45, 7) is 0. The fourth-order valence-corrected chi connectivity index (χ4v) is 3.92. The van der Waals surface area contributed by atoms with Gasteiger partial charge in [-0.1, -0.05) is 16.8 Å². The van der Waals surface area contributed by atoms with Gasteiger partial charge in [0.2, 0.25) is 5.82 Å². The molecule has 28 heavy (non-hydrogen) atoms. The van der Waals surface area contributed by atoms with Crippen molar-refractivity contribution in [1.29, 1.82) is 0 Å². The number of aromatic nitrogens is 6. The van der Waals surface area contributed by atoms with E-state index in [9.17, 15) is 4.39 Å². The van der Waals surface area contributed by atoms with E-state index < -0.39 is 5.67 Å². The Morgan fingerprint density at radius 2 is 2.11 bits per heavy atom. The van der Waals surface area contributed by atoms with Crippen LogP contribution in [0.1, 0.15) is 30.0 Å². The molecule has 4 aromatic rings. The maximum atomic E-state index is 14.3. The van der Waals surface area contributed by atoms with Crippen LogP contribution in [-0.2, 0) is 19.1 Å². The maximum Gasteiger partial charge on any atom is 0.264 e. The molecule has 0 bridgehead atoms. The Labute approximate surface area is 163 Å². The number of aryl methyl sites for hydroxylation is 1. The van der Waals surface area contributed by atoms with Gasteiger partial charge in [0, 0.05) is 35.8 Å². The Bertz CT molecular complexity index is 1250. The van der Waals surface area contributed by atoms with Gasteiger partial charge in [0.05, 0.1) is 17.1 Å². The summed E-state index contributed by atoms with van der Waals surface area (Å²) in [7, 11) is 1.89. The fourth-order valence-electron chi connectivity index (χ4n) is 3.74. The molecule has 2 aliphatic rings. The summed E-state index contributed by atoms with van der Waals surface area (Å²) in [6.07, 6.45) is 5.12. The van der Waals surface area contributed by atoms with E-state index >= 15 is 0 Å². The quantitative estimate of drug-likeness (QED) is 0.453. The SMILES string of the molecule is Cn1cc2c(n1)-c1cc(Cl)ccc1-n1cnc(-c3noc(C4(F)CC4)n3)c1C2. The monoisotopic (exact) mass is 396 g/mol. The van der Waals surface area contributed by atoms with Crippen LogP contribution in [0, 0.1) is 0 Å². The minimum absolute atomic E-state index is 0.0344. The minimum Gasteiger partial charge on any atom is -0.335 e. The highest BCUT2D eigenvalue weighted by molar-refractivity contribution is 6.31. The number of alkyl halides is 1. The number of benzene rings is 1. The van der Waals surface area contributed by atoms with E-state index in [0.717, 1.165) is 28.2 Å². The van der Waals surface area contributed by atoms with E-state index in [2.05, 4.69) is 20.2 Å². The molecule has 4 heterocycles. The van der Waals surface area contributed by atoms with Gasteiger partial charge >= 0.3 is 0 Å². The van der Waals surface area contributed by atoms with Crippen LogP contribution in [0.2, 0.25) is 5.02 Å². The summed E-state index contributed by atoms with van der Waals surface area (Å²) in [5.74, 6) is 0.336. The van der Waals surface area contributed by atoms with E-state index in [1.165, 1.54) is 0 Å². The van der Waals surface area contributed by atoms with Gasteiger partial charge in [0.25, 0.3) is 5.89 Å². The molecule has 0 saturated heterocycles. The first-order valence-corrected chi connectivity index (χ1v) is 9.32. The number of halogens is 2. The third-order valence-corrected chi connectivity index (χ3v) is 5.55. The number of nitrogens with zero attached hydrogens (tertiary/aromatic N) is 6. The second kappa shape index (κ2) is 5.29. The molecule has 1 aliphatic heterocycles. The van der Waals surface area contributed by atoms with Gasteiger partial charge in [-0.15, -0.1) is 0 Å². The van der Waals surface area contributed by atoms with E-state index in [4.69, 9.17) is 16.1 Å². The molecule has 1 saturated carbocycles. The number of rotatable bonds is 2. The van der Waals surface area contributed by atoms with Crippen LogP contribution in [0.4, 0.5) is 4.39 Å². The van der Waals surface area contributed by atoms with Crippen molar-refractivity contribution in [2.75, 3.05) is 0 Å². The molecule has 9 heteroatoms. The normalized spacial score (nSPS) is 16.2. The van der Waals surface area contributed by atoms with E-state index in [1.807, 2.05) is 36.0 Å². The molecule has 0 atom stereocenters. The van der Waals surface area contributed by atoms with Crippen LogP contribution in [0.5, 0.6) is 0 Å². The van der Waals surface area contributed by atoms with E-state index in [0.29, 0.717) is 35.8 Å². The van der Waals surface area contributed by atoms with E-state index in [-0.39, 0.29) is 5.89 Å². The second-order valence-electron chi connectivity index (χ2n) is 7.31. The molecule has 1 aromatic carbocycles. The lowest BCUT2D eigenvalue weighted by atomic mass is 10.0. The Balaban J connectivity index is 1.56. The van der Waals surface area contributed by atoms with Crippen LogP contribution in [0.15, 0.2) is 35.2 Å². The van der Waals surface area contributed by atoms with Crippen LogP contribution in [0.25, 0.3) is 28.5 Å². The van der Waals surface area contributed by atoms with Gasteiger partial charge in [-0.05, 0) is 31.0 Å². The molecule has 3 aromatic heterocycles. The molecule has 0 N–H and O–H groups in total. The van der Waals surface area contributed by atoms with Crippen molar-refractivity contribution in [1.82, 2.24) is 29.5 Å². The van der Waals surface area contributed by atoms with Crippen molar-refractivity contribution >= 4 is 11.6 Å². The van der Waals surface area contributed by atoms with Crippen LogP contribution in [-0.4, -0.2) is 29.5 Å². The van der Waals surface area contributed by atoms with Crippen molar-refractivity contribution in [2.45, 2.75) is 24.9 Å². The van der Waals surface area contributed by atoms with Gasteiger partial charge < -0.3 is 9.09 Å². The fraction of sp³-hybridized carbons (Fsp3) is 0.263. The molecular formula is C19H14ClFN6O. The average molecular weight is 397 g/mol. The molecule has 7 nitrogen and oxygen atoms in total. The Morgan fingerprint density at radius 3 is 2.93 bits per heavy atom. The Morgan fingerprint density at radius 1 is 1.25 bits per heavy atom. The van der Waals surface area contributed by atoms with Crippen molar-refractivity contribution in [2.24, 2.45) is 7.05 Å². The summed E-state index contributed by atoms with van der Waals surface area (Å²) in [4.78, 5) is 8.81. The average Bonchev–Trinajstić information content (AvgIpc) is 3.04. The molecule has 0 radical (unpaired) electrons. The molecule has 1 aliphatic carbocycles. The van der Waals surface area contributed by atoms with Gasteiger partial charge in [0.15, 0.2) is 5.67 Å². The first-order chi connectivity index (χ1) is 13.5. The second-order valence-corrected chi connectivity index (χ2v) is 7.75. The molecule has 1 fully saturated rings. The van der Waals surface area contributed by atoms with Crippen LogP contribution >= 0.6 is 11.6 Å². The van der Waals surface area contributed by atoms with Crippen molar-refractivity contribution < 1.29 is 8.91 Å². The highest BCUT2D eigenvalue weighted by Gasteiger charge is 2.50. The van der Waals surface area contributed by atoms with Gasteiger partial charge in [-0.25, -0.2) is 9.37 Å². The van der Waals surface area contributed by atoms with Crippen molar-refractivity contribution in [3.63, 3.8) is 0 Å². The Kier molecular flexibility index (Phi) is 3.02. The third-order valence-electron chi connectivity index (χ3n) is 5.31. The van der Waals surface area contributed by atoms with E-state index in [1.54, 1.807) is 11.0 Å². The third kappa shape index (κ3) is 2.21. The van der Waals surface area contributed by atoms with Gasteiger partial charge in [-0.2, -0.15) is 10.1 Å². The molecule has 0 spiro atoms. The van der Waals surface area contributed by atoms with Crippen molar-refractivity contribution in [3.8, 4) is 28.5 Å². The summed E-state index contributed by atoms with van der Waals surface area (Å²) in [5.41, 5.74) is 3.78. The van der Waals surface area contributed by atoms with Crippen LogP contribution in [0.3, 0.4) is 0 Å². The Hall–Kier alpha value is -3.00. The van der Waals surface area contributed by atoms with Crippen molar-refractivity contribution in [3.05, 3.63) is 52.9 Å². The smallest absolute Gasteiger partial charge is 0.264 e. The maximum absolute atomic E-state index is 14.3. The minimum atomic E-state index is -1.47. The summed E-state index contributed by atoms with van der Waals surface area (Å²) < 4.78 is 23.2. The largest absolute Gasteiger partial charge is 0.335 e. The predicted molar refractivity (Wildman–Crippen MR) is 98.9 cm³/mol. The zero-order valence-electron chi connectivity index (χ0n) is 14.9. The lowest BCUT2D eigenvalue weighted by Gasteiger charge is -2.09. The summed E-state index contributed by atoms with van der Waals surface area (Å²) in [6, 6.07) is 5.69. The lowest BCUT2D eigenvalue weighted by molar-refractivity contribution is 0.226. The summed E-state index contributed by atoms with van der Waals surface area (Å²) >= 11 is 6.26. The molecule has 140 valence electrons. The lowest BCUT2D eigenvalue weighted by Crippen LogP contribution is -2.01. The number of hydrogen-bond acceptors (Lipinski definition) is 5. The zero-order valence-corrected chi connectivity index (χ0v) is 15.6. The standard InChI is InChI=1S/C19H14ClFN6O/c1-26-8-10-6-14-16(17-23-18(28-25-17)19(21)4-5-19)22-9-27(14)13-3-2-11(20)7-12(13)15(10)24-26/h2-3,7-9H,4-6H2,1H3. The van der Waals surface area contributed by atoms with Gasteiger partial charge in [-0.3, -0.25) is 4.68 Å².